The smallest absolute Gasteiger partial charge is 0.320 e. The van der Waals surface area contributed by atoms with Gasteiger partial charge in [-0.15, -0.1) is 0 Å². The largest absolute Gasteiger partial charge is 0.465 e. The lowest BCUT2D eigenvalue weighted by Gasteiger charge is -2.22. The van der Waals surface area contributed by atoms with Gasteiger partial charge in [-0.05, 0) is 51.0 Å². The van der Waals surface area contributed by atoms with E-state index in [9.17, 15) is 28.8 Å². The van der Waals surface area contributed by atoms with Crippen LogP contribution in [0, 0.1) is 29.6 Å². The molecule has 0 N–H and O–H groups in total. The molecule has 0 aliphatic heterocycles. The van der Waals surface area contributed by atoms with E-state index in [0.29, 0.717) is 6.42 Å². The zero-order chi connectivity index (χ0) is 28.8. The number of nitrogens with zero attached hydrogens (tertiary/aromatic N) is 3. The minimum absolute atomic E-state index is 0.00593. The van der Waals surface area contributed by atoms with Gasteiger partial charge in [0.1, 0.15) is 11.6 Å². The van der Waals surface area contributed by atoms with Gasteiger partial charge in [-0.3, -0.25) is 28.8 Å². The van der Waals surface area contributed by atoms with Gasteiger partial charge < -0.3 is 18.9 Å². The molecule has 0 aromatic carbocycles. The summed E-state index contributed by atoms with van der Waals surface area (Å²) in [6, 6.07) is -0.716. The quantitative estimate of drug-likeness (QED) is 0.0942. The lowest BCUT2D eigenvalue weighted by molar-refractivity contribution is -0.166. The predicted molar refractivity (Wildman–Crippen MR) is 131 cm³/mol. The molecule has 0 bridgehead atoms. The van der Waals surface area contributed by atoms with Crippen molar-refractivity contribution in [3.8, 4) is 0 Å². The molecule has 2 aliphatic rings. The van der Waals surface area contributed by atoms with Gasteiger partial charge >= 0.3 is 23.9 Å². The van der Waals surface area contributed by atoms with Crippen LogP contribution in [-0.2, 0) is 47.7 Å². The Morgan fingerprint density at radius 1 is 0.737 bits per heavy atom. The van der Waals surface area contributed by atoms with Gasteiger partial charge in [0.2, 0.25) is 0 Å². The predicted octanol–water partition coefficient (Wildman–Crippen LogP) is 2.73. The lowest BCUT2D eigenvalue weighted by atomic mass is 9.84. The Kier molecular flexibility index (Phi) is 14.0. The zero-order valence-electron chi connectivity index (χ0n) is 22.5. The average molecular weight is 540 g/mol. The molecule has 2 aliphatic carbocycles. The van der Waals surface area contributed by atoms with E-state index >= 15 is 0 Å². The van der Waals surface area contributed by atoms with Crippen molar-refractivity contribution in [2.75, 3.05) is 26.4 Å². The first-order chi connectivity index (χ1) is 18.1. The van der Waals surface area contributed by atoms with Crippen LogP contribution in [0.15, 0.2) is 5.11 Å². The summed E-state index contributed by atoms with van der Waals surface area (Å²) in [7, 11) is 0. The summed E-state index contributed by atoms with van der Waals surface area (Å²) in [4.78, 5) is 73.2. The molecule has 13 heteroatoms. The van der Waals surface area contributed by atoms with Crippen LogP contribution in [0.4, 0.5) is 0 Å². The molecule has 0 radical (unpaired) electrons. The number of hydrogen-bond donors (Lipinski definition) is 0. The molecule has 4 unspecified atom stereocenters. The molecule has 13 nitrogen and oxygen atoms in total. The van der Waals surface area contributed by atoms with Crippen molar-refractivity contribution >= 4 is 35.4 Å². The van der Waals surface area contributed by atoms with Gasteiger partial charge in [-0.25, -0.2) is 0 Å². The monoisotopic (exact) mass is 539 g/mol. The summed E-state index contributed by atoms with van der Waals surface area (Å²) >= 11 is 0. The van der Waals surface area contributed by atoms with Crippen molar-refractivity contribution in [1.82, 2.24) is 0 Å². The molecule has 2 saturated carbocycles. The van der Waals surface area contributed by atoms with Gasteiger partial charge in [-0.2, -0.15) is 0 Å². The summed E-state index contributed by atoms with van der Waals surface area (Å²) in [6.45, 7) is 9.13. The molecule has 0 saturated heterocycles. The number of rotatable bonds is 11. The van der Waals surface area contributed by atoms with E-state index < -0.39 is 47.7 Å². The Hall–Kier alpha value is -3.47. The van der Waals surface area contributed by atoms with Gasteiger partial charge in [0.25, 0.3) is 0 Å². The van der Waals surface area contributed by atoms with Crippen LogP contribution >= 0.6 is 0 Å². The van der Waals surface area contributed by atoms with E-state index in [0.717, 1.165) is 0 Å². The highest BCUT2D eigenvalue weighted by Gasteiger charge is 2.46. The van der Waals surface area contributed by atoms with Crippen molar-refractivity contribution in [3.63, 3.8) is 0 Å². The number of ether oxygens (including phenoxy) is 4. The van der Waals surface area contributed by atoms with E-state index in [1.165, 1.54) is 0 Å². The normalized spacial score (nSPS) is 22.3. The lowest BCUT2D eigenvalue weighted by Crippen LogP contribution is -2.37. The second-order valence-corrected chi connectivity index (χ2v) is 8.93. The number of esters is 4. The first kappa shape index (κ1) is 32.6. The molecule has 4 atom stereocenters. The molecular weight excluding hydrogens is 502 g/mol. The van der Waals surface area contributed by atoms with Gasteiger partial charge in [0.15, 0.2) is 11.8 Å². The van der Waals surface area contributed by atoms with E-state index in [2.05, 4.69) is 10.0 Å². The van der Waals surface area contributed by atoms with Crippen molar-refractivity contribution < 1.29 is 47.7 Å². The van der Waals surface area contributed by atoms with E-state index in [4.69, 9.17) is 24.5 Å². The van der Waals surface area contributed by atoms with Crippen LogP contribution in [0.3, 0.4) is 0 Å². The second kappa shape index (κ2) is 16.4. The first-order valence-corrected chi connectivity index (χ1v) is 12.8. The van der Waals surface area contributed by atoms with Crippen molar-refractivity contribution in [2.24, 2.45) is 34.7 Å². The highest BCUT2D eigenvalue weighted by Crippen LogP contribution is 2.36. The van der Waals surface area contributed by atoms with Crippen LogP contribution in [0.2, 0.25) is 0 Å². The van der Waals surface area contributed by atoms with E-state index in [-0.39, 0.29) is 69.1 Å². The number of carbonyl (C=O) groups is 6. The molecule has 0 amide bonds. The fourth-order valence-electron chi connectivity index (χ4n) is 4.72. The van der Waals surface area contributed by atoms with Crippen molar-refractivity contribution in [3.05, 3.63) is 10.4 Å². The molecular formula is C25H37N3O10. The summed E-state index contributed by atoms with van der Waals surface area (Å²) in [5, 5.41) is 3.51. The Morgan fingerprint density at radius 2 is 1.11 bits per heavy atom. The molecule has 212 valence electrons. The summed E-state index contributed by atoms with van der Waals surface area (Å²) in [6.07, 6.45) is 0.708. The maximum absolute atomic E-state index is 11.9. The molecule has 0 heterocycles. The Bertz CT molecular complexity index is 894. The fraction of sp³-hybridized carbons (Fsp3) is 0.760. The molecule has 0 aromatic heterocycles. The Morgan fingerprint density at radius 3 is 1.45 bits per heavy atom. The Balaban J connectivity index is 0.000000382. The highest BCUT2D eigenvalue weighted by atomic mass is 16.6. The molecule has 2 fully saturated rings. The van der Waals surface area contributed by atoms with Crippen LogP contribution < -0.4 is 0 Å². The average Bonchev–Trinajstić information content (AvgIpc) is 3.36. The summed E-state index contributed by atoms with van der Waals surface area (Å²) in [5.41, 5.74) is 8.51. The Labute approximate surface area is 221 Å². The number of azide groups is 1. The maximum atomic E-state index is 11.9. The van der Waals surface area contributed by atoms with Crippen molar-refractivity contribution in [2.45, 2.75) is 66.3 Å². The number of hydrogen-bond acceptors (Lipinski definition) is 11. The second-order valence-electron chi connectivity index (χ2n) is 8.93. The SMILES string of the molecule is CCOC(=O)C(C(=O)OCC)C1CC(=O)CC1C.CCOC(=O)C(C(=O)OCC)C1CC(=O)CC1N=[N+]=[N-]. The van der Waals surface area contributed by atoms with Crippen LogP contribution in [-0.4, -0.2) is 67.9 Å². The molecule has 2 rings (SSSR count). The van der Waals surface area contributed by atoms with Gasteiger partial charge in [0.05, 0.1) is 26.4 Å². The number of carbonyl (C=O) groups excluding carboxylic acids is 6. The maximum Gasteiger partial charge on any atom is 0.320 e. The molecule has 0 aromatic rings. The fourth-order valence-corrected chi connectivity index (χ4v) is 4.72. The minimum atomic E-state index is -1.23. The summed E-state index contributed by atoms with van der Waals surface area (Å²) in [5.74, 6) is -5.89. The van der Waals surface area contributed by atoms with Gasteiger partial charge in [0, 0.05) is 36.6 Å². The van der Waals surface area contributed by atoms with Gasteiger partial charge in [-0.1, -0.05) is 12.0 Å². The van der Waals surface area contributed by atoms with Crippen LogP contribution in [0.5, 0.6) is 0 Å². The standard InChI is InChI=1S/C13H20O5.C12H17N3O5/c1-4-17-12(15)11(13(16)18-5-2)10-7-9(14)6-8(10)3;1-3-19-11(17)10(12(18)20-4-2)8-5-7(16)6-9(8)14-15-13/h8,10-11H,4-7H2,1-3H3;8-10H,3-6H2,1-2H3. The highest BCUT2D eigenvalue weighted by molar-refractivity contribution is 5.97. The zero-order valence-corrected chi connectivity index (χ0v) is 22.5. The van der Waals surface area contributed by atoms with E-state index in [1.807, 2.05) is 6.92 Å². The van der Waals surface area contributed by atoms with Crippen LogP contribution in [0.1, 0.15) is 60.3 Å². The number of Topliss-reactive ketones (excluding diaryl/α,β-unsaturated/α-hetero) is 2. The first-order valence-electron chi connectivity index (χ1n) is 12.8. The third kappa shape index (κ3) is 9.13. The topological polar surface area (TPSA) is 188 Å². The third-order valence-corrected chi connectivity index (χ3v) is 6.36. The summed E-state index contributed by atoms with van der Waals surface area (Å²) < 4.78 is 19.6. The minimum Gasteiger partial charge on any atom is -0.465 e. The van der Waals surface area contributed by atoms with E-state index in [1.54, 1.807) is 27.7 Å². The molecule has 0 spiro atoms. The third-order valence-electron chi connectivity index (χ3n) is 6.36. The van der Waals surface area contributed by atoms with Crippen molar-refractivity contribution in [1.29, 1.82) is 0 Å². The van der Waals surface area contributed by atoms with Crippen LogP contribution in [0.25, 0.3) is 10.4 Å². The molecule has 38 heavy (non-hydrogen) atoms. The number of ketones is 2.